The van der Waals surface area contributed by atoms with Crippen molar-refractivity contribution in [3.05, 3.63) is 60.2 Å². The van der Waals surface area contributed by atoms with Gasteiger partial charge in [-0.1, -0.05) is 61.5 Å². The number of nitriles is 1. The predicted octanol–water partition coefficient (Wildman–Crippen LogP) is 4.33. The number of hydrogen-bond donors (Lipinski definition) is 1. The average molecular weight is 265 g/mol. The molecule has 0 aromatic heterocycles. The molecule has 0 aliphatic carbocycles. The molecule has 0 aliphatic heterocycles. The first-order valence-electron chi connectivity index (χ1n) is 6.85. The van der Waals surface area contributed by atoms with Crippen molar-refractivity contribution >= 4 is 0 Å². The summed E-state index contributed by atoms with van der Waals surface area (Å²) in [6.07, 6.45) is -0.146. The molecule has 102 valence electrons. The molecule has 2 aromatic rings. The van der Waals surface area contributed by atoms with Gasteiger partial charge in [0.2, 0.25) is 0 Å². The number of benzene rings is 2. The van der Waals surface area contributed by atoms with E-state index in [1.807, 2.05) is 49.4 Å². The van der Waals surface area contributed by atoms with E-state index in [1.54, 1.807) is 6.92 Å². The summed E-state index contributed by atoms with van der Waals surface area (Å²) in [7, 11) is 0. The molecule has 0 amide bonds. The van der Waals surface area contributed by atoms with Crippen molar-refractivity contribution in [1.82, 2.24) is 0 Å². The molecule has 0 heterocycles. The summed E-state index contributed by atoms with van der Waals surface area (Å²) in [5.41, 5.74) is 2.30. The first-order valence-corrected chi connectivity index (χ1v) is 6.85. The largest absolute Gasteiger partial charge is 0.387 e. The Labute approximate surface area is 120 Å². The summed E-state index contributed by atoms with van der Waals surface area (Å²) >= 11 is 0. The van der Waals surface area contributed by atoms with E-state index >= 15 is 0 Å². The zero-order valence-corrected chi connectivity index (χ0v) is 11.9. The molecule has 2 heteroatoms. The van der Waals surface area contributed by atoms with Crippen LogP contribution in [0.15, 0.2) is 54.6 Å². The molecular weight excluding hydrogens is 246 g/mol. The highest BCUT2D eigenvalue weighted by atomic mass is 16.3. The second-order valence-electron chi connectivity index (χ2n) is 5.27. The lowest BCUT2D eigenvalue weighted by molar-refractivity contribution is 0.0722. The molecule has 0 aliphatic rings. The Morgan fingerprint density at radius 2 is 1.60 bits per heavy atom. The maximum absolute atomic E-state index is 10.4. The number of aliphatic hydroxyl groups is 1. The van der Waals surface area contributed by atoms with E-state index in [0.717, 1.165) is 16.7 Å². The monoisotopic (exact) mass is 265 g/mol. The lowest BCUT2D eigenvalue weighted by atomic mass is 9.79. The van der Waals surface area contributed by atoms with Crippen LogP contribution in [-0.4, -0.2) is 5.11 Å². The Hall–Kier alpha value is -2.11. The highest BCUT2D eigenvalue weighted by Crippen LogP contribution is 2.36. The number of nitrogens with zero attached hydrogens (tertiary/aromatic N) is 1. The van der Waals surface area contributed by atoms with Gasteiger partial charge in [0.1, 0.15) is 0 Å². The topological polar surface area (TPSA) is 44.0 Å². The van der Waals surface area contributed by atoms with Crippen LogP contribution in [0.1, 0.15) is 31.9 Å². The molecule has 0 saturated carbocycles. The maximum Gasteiger partial charge on any atom is 0.0973 e. The van der Waals surface area contributed by atoms with Gasteiger partial charge in [-0.05, 0) is 30.0 Å². The van der Waals surface area contributed by atoms with Crippen LogP contribution in [-0.2, 0) is 0 Å². The zero-order valence-electron chi connectivity index (χ0n) is 11.9. The van der Waals surface area contributed by atoms with Crippen molar-refractivity contribution in [3.8, 4) is 17.2 Å². The molecule has 0 saturated heterocycles. The fourth-order valence-electron chi connectivity index (χ4n) is 2.19. The Kier molecular flexibility index (Phi) is 4.22. The second-order valence-corrected chi connectivity index (χ2v) is 5.27. The Morgan fingerprint density at radius 1 is 1.05 bits per heavy atom. The van der Waals surface area contributed by atoms with E-state index in [1.165, 1.54) is 0 Å². The maximum atomic E-state index is 10.4. The molecule has 1 N–H and O–H groups in total. The molecule has 2 atom stereocenters. The van der Waals surface area contributed by atoms with Gasteiger partial charge in [-0.15, -0.1) is 0 Å². The van der Waals surface area contributed by atoms with Gasteiger partial charge < -0.3 is 5.11 Å². The normalized spacial score (nSPS) is 15.1. The molecule has 2 rings (SSSR count). The first kappa shape index (κ1) is 14.3. The lowest BCUT2D eigenvalue weighted by Crippen LogP contribution is -2.22. The van der Waals surface area contributed by atoms with Crippen LogP contribution in [0.3, 0.4) is 0 Å². The Bertz CT molecular complexity index is 598. The van der Waals surface area contributed by atoms with Crippen LogP contribution in [0.25, 0.3) is 11.1 Å². The molecule has 2 nitrogen and oxygen atoms in total. The average Bonchev–Trinajstić information content (AvgIpc) is 2.54. The van der Waals surface area contributed by atoms with Gasteiger partial charge in [0.25, 0.3) is 0 Å². The van der Waals surface area contributed by atoms with E-state index in [0.29, 0.717) is 6.42 Å². The van der Waals surface area contributed by atoms with Crippen LogP contribution in [0, 0.1) is 16.7 Å². The quantitative estimate of drug-likeness (QED) is 0.894. The summed E-state index contributed by atoms with van der Waals surface area (Å²) in [5, 5.41) is 19.6. The third-order valence-corrected chi connectivity index (χ3v) is 3.93. The fraction of sp³-hybridized carbons (Fsp3) is 0.278. The van der Waals surface area contributed by atoms with Crippen LogP contribution in [0.5, 0.6) is 0 Å². The lowest BCUT2D eigenvalue weighted by Gasteiger charge is -2.26. The van der Waals surface area contributed by atoms with Gasteiger partial charge in [-0.25, -0.2) is 0 Å². The molecule has 2 aromatic carbocycles. The summed E-state index contributed by atoms with van der Waals surface area (Å²) in [6.45, 7) is 3.72. The molecular formula is C18H19NO. The van der Waals surface area contributed by atoms with E-state index < -0.39 is 11.5 Å². The van der Waals surface area contributed by atoms with Crippen molar-refractivity contribution in [3.63, 3.8) is 0 Å². The number of hydrogen-bond acceptors (Lipinski definition) is 2. The summed E-state index contributed by atoms with van der Waals surface area (Å²) in [4.78, 5) is 0. The minimum atomic E-state index is -0.762. The predicted molar refractivity (Wildman–Crippen MR) is 80.8 cm³/mol. The SMILES string of the molecule is CCC(C)(C#N)C(O)c1ccc(-c2ccccc2)cc1. The van der Waals surface area contributed by atoms with Gasteiger partial charge >= 0.3 is 0 Å². The molecule has 20 heavy (non-hydrogen) atoms. The molecule has 2 unspecified atom stereocenters. The van der Waals surface area contributed by atoms with E-state index in [2.05, 4.69) is 18.2 Å². The smallest absolute Gasteiger partial charge is 0.0973 e. The Morgan fingerprint density at radius 3 is 2.10 bits per heavy atom. The second kappa shape index (κ2) is 5.90. The fourth-order valence-corrected chi connectivity index (χ4v) is 2.19. The number of rotatable bonds is 4. The summed E-state index contributed by atoms with van der Waals surface area (Å²) < 4.78 is 0. The van der Waals surface area contributed by atoms with Crippen LogP contribution in [0.2, 0.25) is 0 Å². The van der Waals surface area contributed by atoms with Crippen molar-refractivity contribution in [2.45, 2.75) is 26.4 Å². The van der Waals surface area contributed by atoms with E-state index in [4.69, 9.17) is 0 Å². The molecule has 0 bridgehead atoms. The van der Waals surface area contributed by atoms with Gasteiger partial charge in [0.15, 0.2) is 0 Å². The van der Waals surface area contributed by atoms with Crippen LogP contribution < -0.4 is 0 Å². The third-order valence-electron chi connectivity index (χ3n) is 3.93. The van der Waals surface area contributed by atoms with Gasteiger partial charge in [0.05, 0.1) is 17.6 Å². The van der Waals surface area contributed by atoms with Gasteiger partial charge in [0, 0.05) is 0 Å². The van der Waals surface area contributed by atoms with E-state index in [9.17, 15) is 10.4 Å². The minimum absolute atomic E-state index is 0.616. The van der Waals surface area contributed by atoms with Gasteiger partial charge in [-0.2, -0.15) is 5.26 Å². The minimum Gasteiger partial charge on any atom is -0.387 e. The first-order chi connectivity index (χ1) is 9.60. The molecule has 0 fully saturated rings. The molecule has 0 spiro atoms. The van der Waals surface area contributed by atoms with E-state index in [-0.39, 0.29) is 0 Å². The zero-order chi connectivity index (χ0) is 14.6. The van der Waals surface area contributed by atoms with Crippen molar-refractivity contribution in [2.24, 2.45) is 5.41 Å². The number of aliphatic hydroxyl groups excluding tert-OH is 1. The standard InChI is InChI=1S/C18H19NO/c1-3-18(2,13-19)17(20)16-11-9-15(10-12-16)14-7-5-4-6-8-14/h4-12,17,20H,3H2,1-2H3. The van der Waals surface area contributed by atoms with Crippen molar-refractivity contribution in [2.75, 3.05) is 0 Å². The van der Waals surface area contributed by atoms with Crippen molar-refractivity contribution < 1.29 is 5.11 Å². The van der Waals surface area contributed by atoms with Gasteiger partial charge in [-0.3, -0.25) is 0 Å². The Balaban J connectivity index is 2.27. The highest BCUT2D eigenvalue weighted by Gasteiger charge is 2.32. The third kappa shape index (κ3) is 2.74. The highest BCUT2D eigenvalue weighted by molar-refractivity contribution is 5.63. The summed E-state index contributed by atoms with van der Waals surface area (Å²) in [5.74, 6) is 0. The molecule has 0 radical (unpaired) electrons. The summed E-state index contributed by atoms with van der Waals surface area (Å²) in [6, 6.07) is 20.1. The van der Waals surface area contributed by atoms with Crippen molar-refractivity contribution in [1.29, 1.82) is 5.26 Å². The van der Waals surface area contributed by atoms with Crippen LogP contribution in [0.4, 0.5) is 0 Å². The van der Waals surface area contributed by atoms with Crippen LogP contribution >= 0.6 is 0 Å².